The summed E-state index contributed by atoms with van der Waals surface area (Å²) in [6.45, 7) is 0. The summed E-state index contributed by atoms with van der Waals surface area (Å²) >= 11 is 0. The molecule has 0 fully saturated rings. The zero-order valence-corrected chi connectivity index (χ0v) is 7.11. The zero-order chi connectivity index (χ0) is 9.78. The lowest BCUT2D eigenvalue weighted by molar-refractivity contribution is -0.138. The van der Waals surface area contributed by atoms with Gasteiger partial charge in [0.1, 0.15) is 6.04 Å². The maximum Gasteiger partial charge on any atom is 0.344 e. The van der Waals surface area contributed by atoms with Crippen molar-refractivity contribution in [3.63, 3.8) is 0 Å². The molecule has 0 bridgehead atoms. The van der Waals surface area contributed by atoms with Gasteiger partial charge in [0.2, 0.25) is 0 Å². The molecule has 0 aromatic heterocycles. The Morgan fingerprint density at radius 3 is 2.50 bits per heavy atom. The Hall–Kier alpha value is -0.460. The normalized spacial score (nSPS) is 18.2. The smallest absolute Gasteiger partial charge is 0.344 e. The molecule has 0 aliphatic carbocycles. The molecule has 0 radical (unpaired) electrons. The second kappa shape index (κ2) is 4.54. The predicted octanol–water partition coefficient (Wildman–Crippen LogP) is -1.14. The highest BCUT2D eigenvalue weighted by Gasteiger charge is 2.21. The van der Waals surface area contributed by atoms with Gasteiger partial charge in [-0.25, -0.2) is 10.5 Å². The Bertz CT molecular complexity index is 208. The first kappa shape index (κ1) is 11.5. The van der Waals surface area contributed by atoms with Crippen LogP contribution in [0.5, 0.6) is 0 Å². The van der Waals surface area contributed by atoms with E-state index >= 15 is 0 Å². The topological polar surface area (TPSA) is 136 Å². The van der Waals surface area contributed by atoms with E-state index in [0.29, 0.717) is 0 Å². The molecule has 6 N–H and O–H groups in total. The van der Waals surface area contributed by atoms with Gasteiger partial charge in [-0.15, -0.1) is 0 Å². The average molecular weight is 198 g/mol. The standard InChI is InChI=1S/C4H11N2O5P/c5-3(4(7)8)1-2-12(9,10)11-6/h3H,1-2,5-6H2,(H,7,8)(H,9,10). The molecule has 7 nitrogen and oxygen atoms in total. The van der Waals surface area contributed by atoms with Gasteiger partial charge in [0.15, 0.2) is 0 Å². The molecule has 0 aliphatic heterocycles. The maximum atomic E-state index is 10.7. The molecule has 0 saturated carbocycles. The number of aliphatic carboxylic acids is 1. The molecule has 0 saturated heterocycles. The predicted molar refractivity (Wildman–Crippen MR) is 40.2 cm³/mol. The van der Waals surface area contributed by atoms with Crippen LogP contribution in [0.25, 0.3) is 0 Å². The van der Waals surface area contributed by atoms with Crippen LogP contribution in [0, 0.1) is 0 Å². The molecule has 0 aliphatic rings. The largest absolute Gasteiger partial charge is 0.480 e. The molecule has 0 spiro atoms. The summed E-state index contributed by atoms with van der Waals surface area (Å²) in [6, 6.07) is -1.17. The molecule has 0 aromatic rings. The number of hydrogen-bond acceptors (Lipinski definition) is 5. The first-order valence-corrected chi connectivity index (χ1v) is 4.84. The van der Waals surface area contributed by atoms with Crippen LogP contribution in [-0.2, 0) is 14.0 Å². The highest BCUT2D eigenvalue weighted by atomic mass is 31.2. The van der Waals surface area contributed by atoms with E-state index < -0.39 is 19.6 Å². The average Bonchev–Trinajstić information content (AvgIpc) is 2.00. The molecular weight excluding hydrogens is 187 g/mol. The van der Waals surface area contributed by atoms with Gasteiger partial charge in [0, 0.05) is 0 Å². The molecule has 0 heterocycles. The van der Waals surface area contributed by atoms with Crippen LogP contribution in [0.3, 0.4) is 0 Å². The number of carboxylic acids is 1. The third-order valence-electron chi connectivity index (χ3n) is 1.20. The Morgan fingerprint density at radius 1 is 1.67 bits per heavy atom. The Kier molecular flexibility index (Phi) is 4.36. The van der Waals surface area contributed by atoms with E-state index in [-0.39, 0.29) is 12.6 Å². The van der Waals surface area contributed by atoms with E-state index in [1.807, 2.05) is 0 Å². The van der Waals surface area contributed by atoms with Crippen LogP contribution in [0.15, 0.2) is 0 Å². The Morgan fingerprint density at radius 2 is 2.17 bits per heavy atom. The third-order valence-corrected chi connectivity index (χ3v) is 2.36. The van der Waals surface area contributed by atoms with Gasteiger partial charge in [-0.05, 0) is 6.42 Å². The maximum absolute atomic E-state index is 10.7. The lowest BCUT2D eigenvalue weighted by Gasteiger charge is -2.09. The minimum Gasteiger partial charge on any atom is -0.480 e. The van der Waals surface area contributed by atoms with Crippen molar-refractivity contribution >= 4 is 13.6 Å². The third kappa shape index (κ3) is 4.42. The number of rotatable bonds is 5. The summed E-state index contributed by atoms with van der Waals surface area (Å²) in [5.74, 6) is 3.24. The van der Waals surface area contributed by atoms with Gasteiger partial charge in [-0.2, -0.15) is 0 Å². The van der Waals surface area contributed by atoms with Crippen LogP contribution in [0.1, 0.15) is 6.42 Å². The van der Waals surface area contributed by atoms with E-state index in [1.165, 1.54) is 0 Å². The minimum absolute atomic E-state index is 0.152. The summed E-state index contributed by atoms with van der Waals surface area (Å²) in [5, 5.41) is 8.28. The van der Waals surface area contributed by atoms with Crippen molar-refractivity contribution in [1.29, 1.82) is 0 Å². The van der Waals surface area contributed by atoms with E-state index in [2.05, 4.69) is 10.5 Å². The van der Waals surface area contributed by atoms with Crippen LogP contribution in [-0.4, -0.2) is 28.2 Å². The summed E-state index contributed by atoms with van der Waals surface area (Å²) < 4.78 is 14.4. The van der Waals surface area contributed by atoms with Crippen molar-refractivity contribution in [3.8, 4) is 0 Å². The van der Waals surface area contributed by atoms with Crippen molar-refractivity contribution in [2.24, 2.45) is 11.6 Å². The van der Waals surface area contributed by atoms with Gasteiger partial charge in [-0.1, -0.05) is 0 Å². The fourth-order valence-electron chi connectivity index (χ4n) is 0.478. The summed E-state index contributed by atoms with van der Waals surface area (Å²) in [4.78, 5) is 18.8. The second-order valence-electron chi connectivity index (χ2n) is 2.20. The second-order valence-corrected chi connectivity index (χ2v) is 4.13. The molecule has 2 atom stereocenters. The molecule has 0 rings (SSSR count). The van der Waals surface area contributed by atoms with E-state index in [4.69, 9.17) is 15.7 Å². The SMILES string of the molecule is NOP(=O)(O)CCC(N)C(=O)O. The lowest BCUT2D eigenvalue weighted by Crippen LogP contribution is -2.31. The van der Waals surface area contributed by atoms with Crippen LogP contribution >= 0.6 is 7.60 Å². The molecule has 0 amide bonds. The Labute approximate surface area is 68.8 Å². The highest BCUT2D eigenvalue weighted by Crippen LogP contribution is 2.40. The number of hydrogen-bond donors (Lipinski definition) is 4. The molecule has 8 heteroatoms. The lowest BCUT2D eigenvalue weighted by atomic mass is 10.2. The van der Waals surface area contributed by atoms with E-state index in [1.54, 1.807) is 0 Å². The first-order chi connectivity index (χ1) is 5.39. The quantitative estimate of drug-likeness (QED) is 0.324. The summed E-state index contributed by atoms with van der Waals surface area (Å²) in [6.07, 6.45) is -0.517. The Balaban J connectivity index is 3.83. The van der Waals surface area contributed by atoms with Gasteiger partial charge in [-0.3, -0.25) is 9.36 Å². The monoisotopic (exact) mass is 198 g/mol. The molecule has 72 valence electrons. The molecule has 2 unspecified atom stereocenters. The van der Waals surface area contributed by atoms with Crippen molar-refractivity contribution in [1.82, 2.24) is 0 Å². The number of carbonyl (C=O) groups is 1. The number of nitrogens with two attached hydrogens (primary N) is 2. The molecular formula is C4H11N2O5P. The first-order valence-electron chi connectivity index (χ1n) is 3.08. The van der Waals surface area contributed by atoms with Crippen LogP contribution in [0.2, 0.25) is 0 Å². The van der Waals surface area contributed by atoms with Gasteiger partial charge >= 0.3 is 13.6 Å². The van der Waals surface area contributed by atoms with Crippen molar-refractivity contribution in [3.05, 3.63) is 0 Å². The van der Waals surface area contributed by atoms with Gasteiger partial charge in [0.25, 0.3) is 0 Å². The fraction of sp³-hybridized carbons (Fsp3) is 0.750. The summed E-state index contributed by atoms with van der Waals surface area (Å²) in [7, 11) is -3.83. The van der Waals surface area contributed by atoms with Crippen LogP contribution < -0.4 is 11.6 Å². The summed E-state index contributed by atoms with van der Waals surface area (Å²) in [5.41, 5.74) is 5.05. The zero-order valence-electron chi connectivity index (χ0n) is 6.21. The number of carboxylic acid groups (broad SMARTS) is 1. The highest BCUT2D eigenvalue weighted by molar-refractivity contribution is 7.52. The van der Waals surface area contributed by atoms with Crippen LogP contribution in [0.4, 0.5) is 0 Å². The fourth-order valence-corrected chi connectivity index (χ4v) is 1.19. The van der Waals surface area contributed by atoms with Crippen molar-refractivity contribution in [2.45, 2.75) is 12.5 Å². The molecule has 12 heavy (non-hydrogen) atoms. The van der Waals surface area contributed by atoms with E-state index in [0.717, 1.165) is 0 Å². The van der Waals surface area contributed by atoms with Gasteiger partial charge in [0.05, 0.1) is 6.16 Å². The van der Waals surface area contributed by atoms with Crippen molar-refractivity contribution in [2.75, 3.05) is 6.16 Å². The van der Waals surface area contributed by atoms with E-state index in [9.17, 15) is 9.36 Å². The van der Waals surface area contributed by atoms with Gasteiger partial charge < -0.3 is 15.7 Å². The minimum atomic E-state index is -3.83. The van der Waals surface area contributed by atoms with Crippen molar-refractivity contribution < 1.29 is 24.0 Å². The molecule has 0 aromatic carbocycles.